The summed E-state index contributed by atoms with van der Waals surface area (Å²) in [6.07, 6.45) is 1.48. The van der Waals surface area contributed by atoms with Gasteiger partial charge in [0.25, 0.3) is 0 Å². The predicted molar refractivity (Wildman–Crippen MR) is 103 cm³/mol. The Morgan fingerprint density at radius 3 is 1.85 bits per heavy atom. The van der Waals surface area contributed by atoms with E-state index < -0.39 is 11.9 Å². The van der Waals surface area contributed by atoms with Crippen molar-refractivity contribution in [2.45, 2.75) is 0 Å². The number of nitrogens with zero attached hydrogens (tertiary/aromatic N) is 2. The van der Waals surface area contributed by atoms with E-state index in [-0.39, 0.29) is 29.5 Å². The molecule has 0 fully saturated rings. The highest BCUT2D eigenvalue weighted by Gasteiger charge is 2.12. The van der Waals surface area contributed by atoms with Crippen LogP contribution in [0, 0.1) is 0 Å². The highest BCUT2D eigenvalue weighted by Crippen LogP contribution is 2.22. The fourth-order valence-electron chi connectivity index (χ4n) is 2.30. The molecule has 8 nitrogen and oxygen atoms in total. The van der Waals surface area contributed by atoms with Crippen molar-refractivity contribution in [2.75, 3.05) is 10.6 Å². The van der Waals surface area contributed by atoms with Crippen LogP contribution >= 0.6 is 12.4 Å². The molecule has 2 aromatic carbocycles. The number of para-hydroxylation sites is 2. The summed E-state index contributed by atoms with van der Waals surface area (Å²) < 4.78 is 0. The molecule has 0 bridgehead atoms. The third-order valence-corrected chi connectivity index (χ3v) is 3.48. The summed E-state index contributed by atoms with van der Waals surface area (Å²) in [4.78, 5) is 30.9. The predicted octanol–water partition coefficient (Wildman–Crippen LogP) is 3.78. The SMILES string of the molecule is Cl.O=C(O)c1ccccc1Nc1ccnc(Nc2ccccc2C(=O)O)n1. The van der Waals surface area contributed by atoms with Gasteiger partial charge in [-0.2, -0.15) is 4.98 Å². The van der Waals surface area contributed by atoms with E-state index in [1.807, 2.05) is 0 Å². The van der Waals surface area contributed by atoms with E-state index in [0.29, 0.717) is 17.2 Å². The smallest absolute Gasteiger partial charge is 0.337 e. The normalized spacial score (nSPS) is 9.78. The van der Waals surface area contributed by atoms with E-state index in [4.69, 9.17) is 0 Å². The second-order valence-electron chi connectivity index (χ2n) is 5.22. The van der Waals surface area contributed by atoms with Gasteiger partial charge in [0, 0.05) is 6.20 Å². The van der Waals surface area contributed by atoms with Crippen LogP contribution in [0.25, 0.3) is 0 Å². The molecule has 0 aliphatic rings. The molecule has 1 heterocycles. The lowest BCUT2D eigenvalue weighted by molar-refractivity contribution is 0.0687. The highest BCUT2D eigenvalue weighted by molar-refractivity contribution is 5.95. The topological polar surface area (TPSA) is 124 Å². The first-order valence-electron chi connectivity index (χ1n) is 7.56. The number of carbonyl (C=O) groups is 2. The lowest BCUT2D eigenvalue weighted by Crippen LogP contribution is -2.06. The number of hydrogen-bond donors (Lipinski definition) is 4. The minimum absolute atomic E-state index is 0. The van der Waals surface area contributed by atoms with Gasteiger partial charge in [0.2, 0.25) is 5.95 Å². The van der Waals surface area contributed by atoms with E-state index in [2.05, 4.69) is 20.6 Å². The zero-order chi connectivity index (χ0) is 18.5. The van der Waals surface area contributed by atoms with Gasteiger partial charge >= 0.3 is 11.9 Å². The minimum Gasteiger partial charge on any atom is -0.478 e. The van der Waals surface area contributed by atoms with Gasteiger partial charge < -0.3 is 20.8 Å². The number of benzene rings is 2. The lowest BCUT2D eigenvalue weighted by atomic mass is 10.2. The van der Waals surface area contributed by atoms with Crippen molar-refractivity contribution in [3.05, 3.63) is 71.9 Å². The molecule has 3 aromatic rings. The average Bonchev–Trinajstić information content (AvgIpc) is 2.62. The van der Waals surface area contributed by atoms with Crippen LogP contribution in [0.5, 0.6) is 0 Å². The first-order chi connectivity index (χ1) is 12.5. The van der Waals surface area contributed by atoms with E-state index in [1.165, 1.54) is 18.3 Å². The van der Waals surface area contributed by atoms with E-state index in [1.54, 1.807) is 42.5 Å². The van der Waals surface area contributed by atoms with Gasteiger partial charge in [0.05, 0.1) is 22.5 Å². The Morgan fingerprint density at radius 2 is 1.30 bits per heavy atom. The summed E-state index contributed by atoms with van der Waals surface area (Å²) in [6.45, 7) is 0. The number of carboxylic acids is 2. The van der Waals surface area contributed by atoms with Crippen LogP contribution in [0.1, 0.15) is 20.7 Å². The molecule has 0 spiro atoms. The molecule has 0 amide bonds. The van der Waals surface area contributed by atoms with Gasteiger partial charge in [0.1, 0.15) is 5.82 Å². The summed E-state index contributed by atoms with van der Waals surface area (Å²) in [6, 6.07) is 14.4. The molecule has 0 atom stereocenters. The van der Waals surface area contributed by atoms with Gasteiger partial charge in [-0.3, -0.25) is 0 Å². The maximum absolute atomic E-state index is 11.3. The third-order valence-electron chi connectivity index (χ3n) is 3.48. The van der Waals surface area contributed by atoms with Gasteiger partial charge in [-0.1, -0.05) is 24.3 Å². The number of halogens is 1. The van der Waals surface area contributed by atoms with Crippen molar-refractivity contribution >= 4 is 47.5 Å². The third kappa shape index (κ3) is 4.71. The van der Waals surface area contributed by atoms with E-state index in [9.17, 15) is 19.8 Å². The first-order valence-corrected chi connectivity index (χ1v) is 7.56. The Balaban J connectivity index is 0.00000261. The Kier molecular flexibility index (Phi) is 6.29. The maximum atomic E-state index is 11.3. The van der Waals surface area contributed by atoms with Crippen LogP contribution in [0.4, 0.5) is 23.1 Å². The van der Waals surface area contributed by atoms with Gasteiger partial charge in [0.15, 0.2) is 0 Å². The van der Waals surface area contributed by atoms with Crippen LogP contribution in [-0.4, -0.2) is 32.1 Å². The molecule has 9 heteroatoms. The van der Waals surface area contributed by atoms with Crippen molar-refractivity contribution in [2.24, 2.45) is 0 Å². The van der Waals surface area contributed by atoms with Gasteiger partial charge in [-0.05, 0) is 30.3 Å². The molecule has 0 unspecified atom stereocenters. The number of aromatic nitrogens is 2. The van der Waals surface area contributed by atoms with Crippen molar-refractivity contribution in [1.82, 2.24) is 9.97 Å². The Bertz CT molecular complexity index is 906. The van der Waals surface area contributed by atoms with Gasteiger partial charge in [-0.15, -0.1) is 12.4 Å². The van der Waals surface area contributed by atoms with Crippen molar-refractivity contribution in [3.8, 4) is 0 Å². The molecule has 138 valence electrons. The van der Waals surface area contributed by atoms with E-state index >= 15 is 0 Å². The van der Waals surface area contributed by atoms with Crippen molar-refractivity contribution in [1.29, 1.82) is 0 Å². The highest BCUT2D eigenvalue weighted by atomic mass is 35.5. The Labute approximate surface area is 160 Å². The van der Waals surface area contributed by atoms with Crippen LogP contribution in [0.15, 0.2) is 60.8 Å². The van der Waals surface area contributed by atoms with Crippen LogP contribution in [0.2, 0.25) is 0 Å². The molecule has 0 radical (unpaired) electrons. The zero-order valence-electron chi connectivity index (χ0n) is 13.8. The molecule has 0 saturated carbocycles. The van der Waals surface area contributed by atoms with Crippen molar-refractivity contribution in [3.63, 3.8) is 0 Å². The fourth-order valence-corrected chi connectivity index (χ4v) is 2.30. The number of carboxylic acid groups (broad SMARTS) is 2. The van der Waals surface area contributed by atoms with Gasteiger partial charge in [-0.25, -0.2) is 14.6 Å². The summed E-state index contributed by atoms with van der Waals surface area (Å²) >= 11 is 0. The van der Waals surface area contributed by atoms with Crippen LogP contribution in [0.3, 0.4) is 0 Å². The summed E-state index contributed by atoms with van der Waals surface area (Å²) in [7, 11) is 0. The monoisotopic (exact) mass is 386 g/mol. The van der Waals surface area contributed by atoms with Crippen molar-refractivity contribution < 1.29 is 19.8 Å². The molecule has 1 aromatic heterocycles. The van der Waals surface area contributed by atoms with Crippen LogP contribution < -0.4 is 10.6 Å². The maximum Gasteiger partial charge on any atom is 0.337 e. The quantitative estimate of drug-likeness (QED) is 0.504. The largest absolute Gasteiger partial charge is 0.478 e. The molecule has 27 heavy (non-hydrogen) atoms. The molecule has 3 rings (SSSR count). The molecule has 0 saturated heterocycles. The number of anilines is 4. The Hall–Kier alpha value is -3.65. The molecule has 0 aliphatic heterocycles. The number of hydrogen-bond acceptors (Lipinski definition) is 6. The average molecular weight is 387 g/mol. The molecule has 0 aliphatic carbocycles. The van der Waals surface area contributed by atoms with Crippen LogP contribution in [-0.2, 0) is 0 Å². The molecule has 4 N–H and O–H groups in total. The lowest BCUT2D eigenvalue weighted by Gasteiger charge is -2.11. The number of aromatic carboxylic acids is 2. The standard InChI is InChI=1S/C18H14N4O4.ClH/c23-16(24)11-5-1-3-7-13(11)20-15-9-10-19-18(22-15)21-14-8-4-2-6-12(14)17(25)26;/h1-10H,(H,23,24)(H,25,26)(H2,19,20,21,22);1H. The second kappa shape index (κ2) is 8.63. The summed E-state index contributed by atoms with van der Waals surface area (Å²) in [5.74, 6) is -1.59. The summed E-state index contributed by atoms with van der Waals surface area (Å²) in [5.41, 5.74) is 0.932. The summed E-state index contributed by atoms with van der Waals surface area (Å²) in [5, 5.41) is 24.2. The molecular weight excluding hydrogens is 372 g/mol. The van der Waals surface area contributed by atoms with E-state index in [0.717, 1.165) is 0 Å². The zero-order valence-corrected chi connectivity index (χ0v) is 14.6. The fraction of sp³-hybridized carbons (Fsp3) is 0. The number of nitrogens with one attached hydrogen (secondary N) is 2. The Morgan fingerprint density at radius 1 is 0.778 bits per heavy atom. The second-order valence-corrected chi connectivity index (χ2v) is 5.22. The molecular formula is C18H15ClN4O4. The first kappa shape index (κ1) is 19.7. The minimum atomic E-state index is -1.07. The number of rotatable bonds is 6.